The van der Waals surface area contributed by atoms with Crippen LogP contribution in [0, 0.1) is 0 Å². The summed E-state index contributed by atoms with van der Waals surface area (Å²) in [5.41, 5.74) is 10.2. The Kier molecular flexibility index (Phi) is 5.54. The fourth-order valence-electron chi connectivity index (χ4n) is 7.79. The smallest absolute Gasteiger partial charge is 0.221 e. The van der Waals surface area contributed by atoms with Gasteiger partial charge in [0.05, 0.1) is 28.2 Å². The van der Waals surface area contributed by atoms with E-state index >= 15 is 0 Å². The highest BCUT2D eigenvalue weighted by Crippen LogP contribution is 2.54. The molecule has 4 aromatic carbocycles. The fraction of sp³-hybridized carbons (Fsp3) is 0.237. The Morgan fingerprint density at radius 3 is 2.12 bits per heavy atom. The first-order chi connectivity index (χ1) is 19.5. The first kappa shape index (κ1) is 24.8. The third-order valence-corrected chi connectivity index (χ3v) is 9.80. The van der Waals surface area contributed by atoms with Crippen LogP contribution in [0.15, 0.2) is 116 Å². The van der Waals surface area contributed by atoms with Gasteiger partial charge in [0, 0.05) is 23.6 Å². The van der Waals surface area contributed by atoms with E-state index in [1.54, 1.807) is 0 Å². The monoisotopic (exact) mass is 521 g/mol. The molecule has 2 heteroatoms. The van der Waals surface area contributed by atoms with Crippen LogP contribution in [-0.4, -0.2) is 0 Å². The highest BCUT2D eigenvalue weighted by molar-refractivity contribution is 5.96. The van der Waals surface area contributed by atoms with Crippen molar-refractivity contribution in [3.63, 3.8) is 0 Å². The van der Waals surface area contributed by atoms with E-state index in [0.717, 1.165) is 12.8 Å². The van der Waals surface area contributed by atoms with E-state index in [1.165, 1.54) is 55.8 Å². The van der Waals surface area contributed by atoms with Crippen molar-refractivity contribution in [2.45, 2.75) is 57.4 Å². The van der Waals surface area contributed by atoms with Gasteiger partial charge in [0.15, 0.2) is 11.7 Å². The summed E-state index contributed by atoms with van der Waals surface area (Å²) in [6, 6.07) is 36.1. The molecular weight excluding hydrogens is 484 g/mol. The molecule has 2 nitrogen and oxygen atoms in total. The second-order valence-corrected chi connectivity index (χ2v) is 11.9. The number of rotatable bonds is 4. The minimum Gasteiger partial charge on any atom is -0.310 e. The molecule has 0 N–H and O–H groups in total. The zero-order valence-electron chi connectivity index (χ0n) is 24.0. The minimum atomic E-state index is -0.170. The molecule has 198 valence electrons. The van der Waals surface area contributed by atoms with E-state index in [2.05, 4.69) is 153 Å². The number of benzene rings is 4. The lowest BCUT2D eigenvalue weighted by Crippen LogP contribution is -2.61. The Balaban J connectivity index is 1.54. The average Bonchev–Trinajstić information content (AvgIpc) is 3.00. The Hall–Kier alpha value is -4.17. The zero-order valence-corrected chi connectivity index (χ0v) is 24.0. The molecule has 2 aliphatic rings. The summed E-state index contributed by atoms with van der Waals surface area (Å²) in [4.78, 5) is 2.47. The van der Waals surface area contributed by atoms with Gasteiger partial charge in [-0.2, -0.15) is 4.57 Å². The molecule has 5 aromatic rings. The molecular formula is C38H37N2+. The Morgan fingerprint density at radius 1 is 0.825 bits per heavy atom. The Bertz CT molecular complexity index is 1750. The largest absolute Gasteiger partial charge is 0.310 e. The number of hydrogen-bond acceptors (Lipinski definition) is 1. The van der Waals surface area contributed by atoms with Crippen LogP contribution in [0.25, 0.3) is 22.0 Å². The van der Waals surface area contributed by atoms with Crippen LogP contribution in [0.2, 0.25) is 0 Å². The van der Waals surface area contributed by atoms with Crippen molar-refractivity contribution in [3.8, 4) is 11.3 Å². The molecule has 7 rings (SSSR count). The van der Waals surface area contributed by atoms with Crippen LogP contribution in [0.5, 0.6) is 0 Å². The van der Waals surface area contributed by atoms with Crippen molar-refractivity contribution in [1.82, 2.24) is 0 Å². The number of pyridine rings is 1. The van der Waals surface area contributed by atoms with Crippen molar-refractivity contribution in [2.24, 2.45) is 0 Å². The van der Waals surface area contributed by atoms with E-state index in [1.807, 2.05) is 0 Å². The molecule has 2 aliphatic heterocycles. The second kappa shape index (κ2) is 8.93. The molecule has 0 aliphatic carbocycles. The van der Waals surface area contributed by atoms with Gasteiger partial charge < -0.3 is 4.90 Å². The molecule has 0 radical (unpaired) electrons. The van der Waals surface area contributed by atoms with Gasteiger partial charge in [-0.25, -0.2) is 0 Å². The van der Waals surface area contributed by atoms with E-state index in [9.17, 15) is 0 Å². The molecule has 0 saturated carbocycles. The topological polar surface area (TPSA) is 7.12 Å². The quantitative estimate of drug-likeness (QED) is 0.169. The number of hydrogen-bond donors (Lipinski definition) is 0. The van der Waals surface area contributed by atoms with Gasteiger partial charge in [0.25, 0.3) is 0 Å². The van der Waals surface area contributed by atoms with E-state index in [0.29, 0.717) is 5.92 Å². The van der Waals surface area contributed by atoms with E-state index in [-0.39, 0.29) is 11.0 Å². The van der Waals surface area contributed by atoms with Gasteiger partial charge in [0.1, 0.15) is 0 Å². The van der Waals surface area contributed by atoms with Gasteiger partial charge in [-0.1, -0.05) is 94.9 Å². The molecule has 0 saturated heterocycles. The predicted molar refractivity (Wildman–Crippen MR) is 168 cm³/mol. The number of para-hydroxylation sites is 2. The zero-order chi connectivity index (χ0) is 27.6. The third-order valence-electron chi connectivity index (χ3n) is 9.80. The molecule has 3 heterocycles. The SMILES string of the molecule is C=CC1(CC)C(CC)c2ccc(N3c4ccccc4C(C)(C)c4ccccc43)cc2-c2c3ccccc3cc[n+]21. The minimum absolute atomic E-state index is 0.0749. The molecule has 0 fully saturated rings. The van der Waals surface area contributed by atoms with Crippen LogP contribution in [0.4, 0.5) is 17.1 Å². The maximum absolute atomic E-state index is 4.40. The molecule has 0 amide bonds. The summed E-state index contributed by atoms with van der Waals surface area (Å²) < 4.78 is 2.53. The average molecular weight is 522 g/mol. The summed E-state index contributed by atoms with van der Waals surface area (Å²) in [7, 11) is 0. The summed E-state index contributed by atoms with van der Waals surface area (Å²) in [6.07, 6.45) is 6.55. The van der Waals surface area contributed by atoms with Gasteiger partial charge >= 0.3 is 0 Å². The molecule has 0 spiro atoms. The predicted octanol–water partition coefficient (Wildman–Crippen LogP) is 9.70. The van der Waals surface area contributed by atoms with Gasteiger partial charge in [-0.3, -0.25) is 0 Å². The van der Waals surface area contributed by atoms with Gasteiger partial charge in [-0.05, 0) is 64.9 Å². The summed E-state index contributed by atoms with van der Waals surface area (Å²) in [5.74, 6) is 0.345. The summed E-state index contributed by atoms with van der Waals surface area (Å²) in [5, 5.41) is 2.56. The summed E-state index contributed by atoms with van der Waals surface area (Å²) >= 11 is 0. The van der Waals surface area contributed by atoms with Crippen molar-refractivity contribution < 1.29 is 4.57 Å². The number of nitrogens with zero attached hydrogens (tertiary/aromatic N) is 2. The Labute approximate surface area is 238 Å². The van der Waals surface area contributed by atoms with Gasteiger partial charge in [0.2, 0.25) is 5.69 Å². The number of aromatic nitrogens is 1. The lowest BCUT2D eigenvalue weighted by molar-refractivity contribution is -0.748. The number of fused-ring (bicyclic) bond motifs is 7. The van der Waals surface area contributed by atoms with Crippen LogP contribution < -0.4 is 9.47 Å². The van der Waals surface area contributed by atoms with Crippen molar-refractivity contribution in [3.05, 3.63) is 133 Å². The van der Waals surface area contributed by atoms with E-state index < -0.39 is 0 Å². The highest BCUT2D eigenvalue weighted by Gasteiger charge is 2.50. The molecule has 2 unspecified atom stereocenters. The van der Waals surface area contributed by atoms with Crippen LogP contribution in [-0.2, 0) is 11.0 Å². The fourth-order valence-corrected chi connectivity index (χ4v) is 7.79. The third kappa shape index (κ3) is 3.19. The molecule has 2 atom stereocenters. The van der Waals surface area contributed by atoms with Crippen molar-refractivity contribution >= 4 is 27.8 Å². The first-order valence-corrected chi connectivity index (χ1v) is 14.7. The lowest BCUT2D eigenvalue weighted by Gasteiger charge is -2.43. The van der Waals surface area contributed by atoms with Crippen LogP contribution >= 0.6 is 0 Å². The standard InChI is InChI=1S/C38H37N2/c1-6-31-29-22-21-27(40-34-19-13-11-17-32(34)37(4,5)33-18-12-14-20-35(33)40)25-30(29)36-28-16-10-9-15-26(28)23-24-39(36)38(31,7-2)8-3/h7,9-25,31H,2,6,8H2,1,3-5H3/q+1. The normalized spacial score (nSPS) is 20.3. The summed E-state index contributed by atoms with van der Waals surface area (Å²) in [6.45, 7) is 13.7. The highest BCUT2D eigenvalue weighted by atomic mass is 15.2. The van der Waals surface area contributed by atoms with Crippen molar-refractivity contribution in [2.75, 3.05) is 4.90 Å². The van der Waals surface area contributed by atoms with E-state index in [4.69, 9.17) is 0 Å². The molecule has 0 bridgehead atoms. The maximum Gasteiger partial charge on any atom is 0.221 e. The van der Waals surface area contributed by atoms with Crippen LogP contribution in [0.3, 0.4) is 0 Å². The Morgan fingerprint density at radius 2 is 1.48 bits per heavy atom. The van der Waals surface area contributed by atoms with Gasteiger partial charge in [-0.15, -0.1) is 0 Å². The van der Waals surface area contributed by atoms with Crippen molar-refractivity contribution in [1.29, 1.82) is 0 Å². The molecule has 40 heavy (non-hydrogen) atoms. The number of anilines is 3. The first-order valence-electron chi connectivity index (χ1n) is 14.7. The molecule has 1 aromatic heterocycles. The van der Waals surface area contributed by atoms with Crippen LogP contribution in [0.1, 0.15) is 63.1 Å². The number of allylic oxidation sites excluding steroid dienone is 1. The lowest BCUT2D eigenvalue weighted by atomic mass is 9.70. The second-order valence-electron chi connectivity index (χ2n) is 11.9. The maximum atomic E-state index is 4.40.